The summed E-state index contributed by atoms with van der Waals surface area (Å²) in [6.45, 7) is 10.9. The summed E-state index contributed by atoms with van der Waals surface area (Å²) in [6.07, 6.45) is 1.45. The molecule has 0 bridgehead atoms. The Morgan fingerprint density at radius 2 is 1.75 bits per heavy atom. The van der Waals surface area contributed by atoms with Crippen molar-refractivity contribution >= 4 is 12.0 Å². The van der Waals surface area contributed by atoms with Gasteiger partial charge in [-0.15, -0.1) is 0 Å². The van der Waals surface area contributed by atoms with Crippen LogP contribution in [-0.4, -0.2) is 53.1 Å². The number of hydrogen-bond donors (Lipinski definition) is 1. The van der Waals surface area contributed by atoms with E-state index in [0.29, 0.717) is 31.3 Å². The van der Waals surface area contributed by atoms with E-state index < -0.39 is 11.9 Å². The number of aliphatic carboxylic acids is 1. The van der Waals surface area contributed by atoms with Gasteiger partial charge in [0.25, 0.3) is 0 Å². The zero-order chi connectivity index (χ0) is 15.3. The van der Waals surface area contributed by atoms with Crippen molar-refractivity contribution in [2.45, 2.75) is 40.5 Å². The van der Waals surface area contributed by atoms with E-state index in [-0.39, 0.29) is 6.03 Å². The highest BCUT2D eigenvalue weighted by atomic mass is 16.4. The number of likely N-dealkylation sites (tertiary alicyclic amines) is 1. The first-order valence-corrected chi connectivity index (χ1v) is 7.58. The molecule has 1 rings (SSSR count). The lowest BCUT2D eigenvalue weighted by atomic mass is 9.98. The Labute approximate surface area is 121 Å². The molecule has 0 saturated carbocycles. The summed E-state index contributed by atoms with van der Waals surface area (Å²) in [4.78, 5) is 27.3. The van der Waals surface area contributed by atoms with Crippen LogP contribution < -0.4 is 0 Å². The highest BCUT2D eigenvalue weighted by Gasteiger charge is 2.30. The van der Waals surface area contributed by atoms with Gasteiger partial charge in [-0.05, 0) is 24.7 Å². The molecule has 5 heteroatoms. The van der Waals surface area contributed by atoms with Crippen molar-refractivity contribution < 1.29 is 14.7 Å². The van der Waals surface area contributed by atoms with Crippen LogP contribution in [0.2, 0.25) is 0 Å². The quantitative estimate of drug-likeness (QED) is 0.844. The van der Waals surface area contributed by atoms with Crippen molar-refractivity contribution in [3.05, 3.63) is 0 Å². The van der Waals surface area contributed by atoms with Gasteiger partial charge in [0.1, 0.15) is 0 Å². The Bertz CT molecular complexity index is 332. The molecule has 1 aliphatic heterocycles. The van der Waals surface area contributed by atoms with Crippen molar-refractivity contribution in [3.63, 3.8) is 0 Å². The summed E-state index contributed by atoms with van der Waals surface area (Å²) >= 11 is 0. The number of nitrogens with zero attached hydrogens (tertiary/aromatic N) is 2. The number of rotatable bonds is 5. The molecule has 1 atom stereocenters. The maximum absolute atomic E-state index is 12.6. The lowest BCUT2D eigenvalue weighted by Gasteiger charge is -2.36. The van der Waals surface area contributed by atoms with Crippen LogP contribution in [0.5, 0.6) is 0 Å². The van der Waals surface area contributed by atoms with Crippen molar-refractivity contribution in [2.75, 3.05) is 26.2 Å². The molecule has 0 aromatic rings. The number of urea groups is 1. The molecule has 0 aromatic carbocycles. The van der Waals surface area contributed by atoms with Crippen LogP contribution in [0.3, 0.4) is 0 Å². The molecule has 2 amide bonds. The lowest BCUT2D eigenvalue weighted by Crippen LogP contribution is -2.50. The molecule has 1 aliphatic rings. The van der Waals surface area contributed by atoms with Crippen LogP contribution >= 0.6 is 0 Å². The third kappa shape index (κ3) is 5.02. The highest BCUT2D eigenvalue weighted by Crippen LogP contribution is 2.19. The Morgan fingerprint density at radius 3 is 2.20 bits per heavy atom. The number of carboxylic acids is 1. The predicted molar refractivity (Wildman–Crippen MR) is 78.6 cm³/mol. The maximum Gasteiger partial charge on any atom is 0.320 e. The zero-order valence-electron chi connectivity index (χ0n) is 13.1. The molecule has 116 valence electrons. The zero-order valence-corrected chi connectivity index (χ0v) is 13.1. The van der Waals surface area contributed by atoms with E-state index in [4.69, 9.17) is 5.11 Å². The normalized spacial score (nSPS) is 19.5. The fourth-order valence-electron chi connectivity index (χ4n) is 2.66. The number of piperidine rings is 1. The number of hydrogen-bond acceptors (Lipinski definition) is 2. The van der Waals surface area contributed by atoms with E-state index in [0.717, 1.165) is 19.5 Å². The van der Waals surface area contributed by atoms with E-state index in [9.17, 15) is 9.59 Å². The summed E-state index contributed by atoms with van der Waals surface area (Å²) in [5.74, 6) is -0.370. The Balaban J connectivity index is 2.69. The summed E-state index contributed by atoms with van der Waals surface area (Å²) in [6, 6.07) is -0.00153. The third-order valence-corrected chi connectivity index (χ3v) is 3.48. The largest absolute Gasteiger partial charge is 0.481 e. The molecule has 0 aliphatic carbocycles. The molecular weight excluding hydrogens is 256 g/mol. The topological polar surface area (TPSA) is 60.9 Å². The fourth-order valence-corrected chi connectivity index (χ4v) is 2.66. The second kappa shape index (κ2) is 7.50. The van der Waals surface area contributed by atoms with Gasteiger partial charge in [-0.1, -0.05) is 27.7 Å². The first-order chi connectivity index (χ1) is 9.31. The standard InChI is InChI=1S/C15H28N2O3/c1-11(2)8-17(9-12(3)4)15(20)16-7-5-6-13(10-16)14(18)19/h11-13H,5-10H2,1-4H3,(H,18,19)/t13-/m1/s1. The second-order valence-corrected chi connectivity index (χ2v) is 6.60. The van der Waals surface area contributed by atoms with E-state index in [1.165, 1.54) is 0 Å². The van der Waals surface area contributed by atoms with Crippen molar-refractivity contribution in [2.24, 2.45) is 17.8 Å². The van der Waals surface area contributed by atoms with E-state index in [1.54, 1.807) is 4.90 Å². The maximum atomic E-state index is 12.6. The molecule has 0 aromatic heterocycles. The van der Waals surface area contributed by atoms with Crippen molar-refractivity contribution in [3.8, 4) is 0 Å². The molecule has 0 radical (unpaired) electrons. The monoisotopic (exact) mass is 284 g/mol. The van der Waals surface area contributed by atoms with Crippen LogP contribution in [0, 0.1) is 17.8 Å². The van der Waals surface area contributed by atoms with Crippen molar-refractivity contribution in [1.82, 2.24) is 9.80 Å². The molecule has 5 nitrogen and oxygen atoms in total. The molecule has 20 heavy (non-hydrogen) atoms. The fraction of sp³-hybridized carbons (Fsp3) is 0.867. The van der Waals surface area contributed by atoms with Gasteiger partial charge < -0.3 is 14.9 Å². The van der Waals surface area contributed by atoms with Gasteiger partial charge in [-0.25, -0.2) is 4.79 Å². The summed E-state index contributed by atoms with van der Waals surface area (Å²) in [5.41, 5.74) is 0. The number of carbonyl (C=O) groups is 2. The molecule has 1 N–H and O–H groups in total. The minimum absolute atomic E-state index is 0.00153. The molecule has 1 fully saturated rings. The molecular formula is C15H28N2O3. The summed E-state index contributed by atoms with van der Waals surface area (Å²) in [5, 5.41) is 9.12. The van der Waals surface area contributed by atoms with Gasteiger partial charge in [-0.3, -0.25) is 4.79 Å². The number of amides is 2. The van der Waals surface area contributed by atoms with Crippen molar-refractivity contribution in [1.29, 1.82) is 0 Å². The highest BCUT2D eigenvalue weighted by molar-refractivity contribution is 5.76. The molecule has 0 spiro atoms. The van der Waals surface area contributed by atoms with E-state index in [1.807, 2.05) is 4.90 Å². The molecule has 0 unspecified atom stereocenters. The van der Waals surface area contributed by atoms with Gasteiger partial charge in [0.05, 0.1) is 5.92 Å². The van der Waals surface area contributed by atoms with Gasteiger partial charge >= 0.3 is 12.0 Å². The number of carboxylic acid groups (broad SMARTS) is 1. The Kier molecular flexibility index (Phi) is 6.30. The third-order valence-electron chi connectivity index (χ3n) is 3.48. The first kappa shape index (κ1) is 16.8. The summed E-state index contributed by atoms with van der Waals surface area (Å²) in [7, 11) is 0. The molecule has 1 saturated heterocycles. The molecule has 1 heterocycles. The predicted octanol–water partition coefficient (Wildman–Crippen LogP) is 2.52. The van der Waals surface area contributed by atoms with Crippen LogP contribution in [0.1, 0.15) is 40.5 Å². The summed E-state index contributed by atoms with van der Waals surface area (Å²) < 4.78 is 0. The van der Waals surface area contributed by atoms with Gasteiger partial charge in [0, 0.05) is 26.2 Å². The van der Waals surface area contributed by atoms with E-state index >= 15 is 0 Å². The average molecular weight is 284 g/mol. The van der Waals surface area contributed by atoms with Gasteiger partial charge in [0.15, 0.2) is 0 Å². The van der Waals surface area contributed by atoms with Crippen LogP contribution in [-0.2, 0) is 4.79 Å². The van der Waals surface area contributed by atoms with Gasteiger partial charge in [-0.2, -0.15) is 0 Å². The second-order valence-electron chi connectivity index (χ2n) is 6.60. The Morgan fingerprint density at radius 1 is 1.20 bits per heavy atom. The smallest absolute Gasteiger partial charge is 0.320 e. The van der Waals surface area contributed by atoms with Crippen LogP contribution in [0.15, 0.2) is 0 Å². The minimum atomic E-state index is -0.790. The van der Waals surface area contributed by atoms with E-state index in [2.05, 4.69) is 27.7 Å². The Hall–Kier alpha value is -1.26. The van der Waals surface area contributed by atoms with Crippen LogP contribution in [0.4, 0.5) is 4.79 Å². The average Bonchev–Trinajstić information content (AvgIpc) is 2.36. The minimum Gasteiger partial charge on any atom is -0.481 e. The van der Waals surface area contributed by atoms with Gasteiger partial charge in [0.2, 0.25) is 0 Å². The first-order valence-electron chi connectivity index (χ1n) is 7.58. The SMILES string of the molecule is CC(C)CN(CC(C)C)C(=O)N1CCC[C@@H](C(=O)O)C1. The number of carbonyl (C=O) groups excluding carboxylic acids is 1. The lowest BCUT2D eigenvalue weighted by molar-refractivity contribution is -0.143. The van der Waals surface area contributed by atoms with Crippen LogP contribution in [0.25, 0.3) is 0 Å².